The lowest BCUT2D eigenvalue weighted by molar-refractivity contribution is 0.112. The van der Waals surface area contributed by atoms with Crippen molar-refractivity contribution in [2.45, 2.75) is 58.9 Å². The molecule has 1 aliphatic heterocycles. The Morgan fingerprint density at radius 2 is 2.29 bits per heavy atom. The maximum Gasteiger partial charge on any atom is 0.317 e. The van der Waals surface area contributed by atoms with E-state index in [0.717, 1.165) is 36.7 Å². The number of aryl methyl sites for hydroxylation is 1. The molecule has 2 aliphatic rings. The molecule has 0 aromatic carbocycles. The Balaban J connectivity index is 1.54. The number of carbonyl (C=O) groups excluding carboxylic acids is 1. The van der Waals surface area contributed by atoms with Gasteiger partial charge in [0.2, 0.25) is 0 Å². The predicted octanol–water partition coefficient (Wildman–Crippen LogP) is 2.76. The second-order valence-corrected chi connectivity index (χ2v) is 6.68. The van der Waals surface area contributed by atoms with E-state index in [4.69, 9.17) is 0 Å². The molecule has 2 heterocycles. The zero-order valence-corrected chi connectivity index (χ0v) is 13.2. The number of fused-ring (bicyclic) bond motifs is 1. The first-order valence-corrected chi connectivity index (χ1v) is 8.19. The number of hydrogen-bond acceptors (Lipinski definition) is 2. The molecule has 2 N–H and O–H groups in total. The lowest BCUT2D eigenvalue weighted by Gasteiger charge is -2.42. The van der Waals surface area contributed by atoms with Crippen LogP contribution < -0.4 is 5.32 Å². The van der Waals surface area contributed by atoms with Gasteiger partial charge in [-0.2, -0.15) is 0 Å². The first-order valence-electron chi connectivity index (χ1n) is 8.19. The zero-order valence-electron chi connectivity index (χ0n) is 13.2. The van der Waals surface area contributed by atoms with E-state index in [0.29, 0.717) is 12.0 Å². The van der Waals surface area contributed by atoms with Crippen molar-refractivity contribution in [3.05, 3.63) is 17.2 Å². The third kappa shape index (κ3) is 2.92. The highest BCUT2D eigenvalue weighted by molar-refractivity contribution is 5.74. The Morgan fingerprint density at radius 1 is 1.48 bits per heavy atom. The Kier molecular flexibility index (Phi) is 3.91. The summed E-state index contributed by atoms with van der Waals surface area (Å²) >= 11 is 0. The van der Waals surface area contributed by atoms with Gasteiger partial charge in [-0.1, -0.05) is 19.8 Å². The third-order valence-corrected chi connectivity index (χ3v) is 5.05. The van der Waals surface area contributed by atoms with E-state index in [1.165, 1.54) is 32.1 Å². The first kappa shape index (κ1) is 14.4. The van der Waals surface area contributed by atoms with E-state index in [2.05, 4.69) is 22.2 Å². The molecule has 2 amide bonds. The Morgan fingerprint density at radius 3 is 2.95 bits per heavy atom. The summed E-state index contributed by atoms with van der Waals surface area (Å²) in [6.45, 7) is 6.46. The zero-order chi connectivity index (χ0) is 14.9. The standard InChI is InChI=1S/C16H26N4O/c1-3-6-16(7-4-8-16)11-17-15(21)20-9-5-13-14(10-20)19-12(2)18-13/h3-11H2,1-2H3,(H,17,21)(H,18,19). The van der Waals surface area contributed by atoms with Crippen molar-refractivity contribution in [1.29, 1.82) is 0 Å². The minimum atomic E-state index is 0.0790. The monoisotopic (exact) mass is 290 g/mol. The highest BCUT2D eigenvalue weighted by atomic mass is 16.2. The van der Waals surface area contributed by atoms with Gasteiger partial charge in [0.1, 0.15) is 5.82 Å². The molecular formula is C16H26N4O. The van der Waals surface area contributed by atoms with Crippen molar-refractivity contribution >= 4 is 6.03 Å². The van der Waals surface area contributed by atoms with E-state index >= 15 is 0 Å². The number of aromatic nitrogens is 2. The van der Waals surface area contributed by atoms with Crippen LogP contribution in [0, 0.1) is 12.3 Å². The summed E-state index contributed by atoms with van der Waals surface area (Å²) in [5.74, 6) is 0.943. The van der Waals surface area contributed by atoms with Gasteiger partial charge in [-0.05, 0) is 31.6 Å². The number of hydrogen-bond donors (Lipinski definition) is 2. The van der Waals surface area contributed by atoms with E-state index in [1.54, 1.807) is 0 Å². The highest BCUT2D eigenvalue weighted by Gasteiger charge is 2.36. The lowest BCUT2D eigenvalue weighted by Crippen LogP contribution is -2.48. The molecule has 116 valence electrons. The summed E-state index contributed by atoms with van der Waals surface area (Å²) in [7, 11) is 0. The summed E-state index contributed by atoms with van der Waals surface area (Å²) in [5, 5.41) is 3.17. The van der Waals surface area contributed by atoms with Gasteiger partial charge in [0.15, 0.2) is 0 Å². The molecule has 0 saturated heterocycles. The van der Waals surface area contributed by atoms with Crippen LogP contribution in [0.25, 0.3) is 0 Å². The molecule has 0 spiro atoms. The van der Waals surface area contributed by atoms with E-state index in [9.17, 15) is 4.79 Å². The van der Waals surface area contributed by atoms with Crippen LogP contribution in [0.1, 0.15) is 56.2 Å². The second-order valence-electron chi connectivity index (χ2n) is 6.68. The number of aromatic amines is 1. The number of carbonyl (C=O) groups is 1. The fourth-order valence-corrected chi connectivity index (χ4v) is 3.71. The smallest absolute Gasteiger partial charge is 0.317 e. The molecule has 3 rings (SSSR count). The highest BCUT2D eigenvalue weighted by Crippen LogP contribution is 2.44. The van der Waals surface area contributed by atoms with Crippen molar-refractivity contribution < 1.29 is 4.79 Å². The Bertz CT molecular complexity index is 518. The van der Waals surface area contributed by atoms with Gasteiger partial charge in [0.25, 0.3) is 0 Å². The minimum Gasteiger partial charge on any atom is -0.344 e. The molecular weight excluding hydrogens is 264 g/mol. The van der Waals surface area contributed by atoms with Gasteiger partial charge in [-0.25, -0.2) is 9.78 Å². The van der Waals surface area contributed by atoms with Gasteiger partial charge in [-0.15, -0.1) is 0 Å². The van der Waals surface area contributed by atoms with Crippen molar-refractivity contribution in [2.75, 3.05) is 13.1 Å². The molecule has 1 saturated carbocycles. The second kappa shape index (κ2) is 5.70. The molecule has 1 aliphatic carbocycles. The number of imidazole rings is 1. The van der Waals surface area contributed by atoms with Gasteiger partial charge in [-0.3, -0.25) is 0 Å². The van der Waals surface area contributed by atoms with Crippen molar-refractivity contribution in [3.8, 4) is 0 Å². The number of rotatable bonds is 4. The van der Waals surface area contributed by atoms with Crippen LogP contribution in [-0.2, 0) is 13.0 Å². The van der Waals surface area contributed by atoms with Gasteiger partial charge in [0.05, 0.1) is 17.9 Å². The summed E-state index contributed by atoms with van der Waals surface area (Å²) in [6, 6.07) is 0.0790. The number of nitrogens with one attached hydrogen (secondary N) is 2. The average molecular weight is 290 g/mol. The molecule has 5 heteroatoms. The molecule has 1 fully saturated rings. The molecule has 21 heavy (non-hydrogen) atoms. The summed E-state index contributed by atoms with van der Waals surface area (Å²) in [5.41, 5.74) is 2.61. The van der Waals surface area contributed by atoms with Gasteiger partial charge in [0, 0.05) is 19.5 Å². The van der Waals surface area contributed by atoms with Crippen LogP contribution in [0.3, 0.4) is 0 Å². The normalized spacial score (nSPS) is 19.8. The fourth-order valence-electron chi connectivity index (χ4n) is 3.71. The topological polar surface area (TPSA) is 61.0 Å². The van der Waals surface area contributed by atoms with E-state index < -0.39 is 0 Å². The molecule has 1 aromatic rings. The molecule has 0 bridgehead atoms. The van der Waals surface area contributed by atoms with Crippen molar-refractivity contribution in [2.24, 2.45) is 5.41 Å². The maximum absolute atomic E-state index is 12.4. The van der Waals surface area contributed by atoms with Crippen LogP contribution in [0.15, 0.2) is 0 Å². The molecule has 5 nitrogen and oxygen atoms in total. The molecule has 0 radical (unpaired) electrons. The fraction of sp³-hybridized carbons (Fsp3) is 0.750. The number of nitrogens with zero attached hydrogens (tertiary/aromatic N) is 2. The van der Waals surface area contributed by atoms with Crippen LogP contribution in [-0.4, -0.2) is 34.0 Å². The predicted molar refractivity (Wildman–Crippen MR) is 82.0 cm³/mol. The van der Waals surface area contributed by atoms with Gasteiger partial charge < -0.3 is 15.2 Å². The van der Waals surface area contributed by atoms with Crippen LogP contribution in [0.4, 0.5) is 4.79 Å². The quantitative estimate of drug-likeness (QED) is 0.895. The summed E-state index contributed by atoms with van der Waals surface area (Å²) < 4.78 is 0. The van der Waals surface area contributed by atoms with Gasteiger partial charge >= 0.3 is 6.03 Å². The largest absolute Gasteiger partial charge is 0.344 e. The molecule has 0 unspecified atom stereocenters. The maximum atomic E-state index is 12.4. The third-order valence-electron chi connectivity index (χ3n) is 5.05. The molecule has 1 aromatic heterocycles. The number of urea groups is 1. The van der Waals surface area contributed by atoms with E-state index in [1.807, 2.05) is 11.8 Å². The first-order chi connectivity index (χ1) is 10.1. The van der Waals surface area contributed by atoms with Crippen LogP contribution in [0.5, 0.6) is 0 Å². The summed E-state index contributed by atoms with van der Waals surface area (Å²) in [6.07, 6.45) is 7.15. The minimum absolute atomic E-state index is 0.0790. The Hall–Kier alpha value is -1.52. The SMILES string of the molecule is CCCC1(CNC(=O)N2CCc3nc(C)[nH]c3C2)CCC1. The average Bonchev–Trinajstić information content (AvgIpc) is 2.80. The Labute approximate surface area is 126 Å². The van der Waals surface area contributed by atoms with Crippen molar-refractivity contribution in [1.82, 2.24) is 20.2 Å². The van der Waals surface area contributed by atoms with Crippen molar-refractivity contribution in [3.63, 3.8) is 0 Å². The van der Waals surface area contributed by atoms with Crippen LogP contribution >= 0.6 is 0 Å². The van der Waals surface area contributed by atoms with Crippen LogP contribution in [0.2, 0.25) is 0 Å². The number of H-pyrrole nitrogens is 1. The number of amides is 2. The summed E-state index contributed by atoms with van der Waals surface area (Å²) in [4.78, 5) is 22.0. The van der Waals surface area contributed by atoms with E-state index in [-0.39, 0.29) is 6.03 Å². The lowest BCUT2D eigenvalue weighted by atomic mass is 9.66. The molecule has 0 atom stereocenters.